The van der Waals surface area contributed by atoms with Gasteiger partial charge < -0.3 is 9.47 Å². The number of ether oxygens (including phenoxy) is 2. The first-order chi connectivity index (χ1) is 12.1. The molecular weight excluding hydrogens is 320 g/mol. The van der Waals surface area contributed by atoms with Crippen LogP contribution in [0.3, 0.4) is 0 Å². The molecule has 0 bridgehead atoms. The second-order valence-corrected chi connectivity index (χ2v) is 5.93. The summed E-state index contributed by atoms with van der Waals surface area (Å²) in [7, 11) is 2.02. The van der Waals surface area contributed by atoms with Crippen molar-refractivity contribution in [1.82, 2.24) is 4.90 Å². The van der Waals surface area contributed by atoms with Crippen LogP contribution in [0.4, 0.5) is 5.69 Å². The van der Waals surface area contributed by atoms with Gasteiger partial charge in [0.2, 0.25) is 0 Å². The van der Waals surface area contributed by atoms with E-state index in [4.69, 9.17) is 9.47 Å². The van der Waals surface area contributed by atoms with E-state index >= 15 is 0 Å². The predicted octanol–water partition coefficient (Wildman–Crippen LogP) is 3.51. The van der Waals surface area contributed by atoms with Crippen LogP contribution < -0.4 is 9.47 Å². The molecule has 0 fully saturated rings. The summed E-state index contributed by atoms with van der Waals surface area (Å²) in [6, 6.07) is 12.6. The summed E-state index contributed by atoms with van der Waals surface area (Å²) in [5.41, 5.74) is 2.07. The van der Waals surface area contributed by atoms with Gasteiger partial charge in [0.15, 0.2) is 11.5 Å². The fourth-order valence-electron chi connectivity index (χ4n) is 2.67. The predicted molar refractivity (Wildman–Crippen MR) is 95.9 cm³/mol. The zero-order chi connectivity index (χ0) is 17.6. The molecule has 0 atom stereocenters. The highest BCUT2D eigenvalue weighted by Crippen LogP contribution is 2.31. The van der Waals surface area contributed by atoms with Crippen molar-refractivity contribution in [2.45, 2.75) is 6.54 Å². The average molecular weight is 340 g/mol. The fourth-order valence-corrected chi connectivity index (χ4v) is 2.67. The van der Waals surface area contributed by atoms with Crippen LogP contribution in [-0.2, 0) is 6.54 Å². The first-order valence-corrected chi connectivity index (χ1v) is 8.10. The normalized spacial score (nSPS) is 13.4. The zero-order valence-electron chi connectivity index (χ0n) is 14.1. The lowest BCUT2D eigenvalue weighted by molar-refractivity contribution is -0.384. The van der Waals surface area contributed by atoms with Crippen LogP contribution in [-0.4, -0.2) is 36.6 Å². The van der Waals surface area contributed by atoms with Crippen molar-refractivity contribution >= 4 is 11.8 Å². The lowest BCUT2D eigenvalue weighted by Crippen LogP contribution is -2.19. The minimum Gasteiger partial charge on any atom is -0.486 e. The number of fused-ring (bicyclic) bond motifs is 1. The summed E-state index contributed by atoms with van der Waals surface area (Å²) >= 11 is 0. The van der Waals surface area contributed by atoms with Gasteiger partial charge in [0.1, 0.15) is 13.2 Å². The maximum absolute atomic E-state index is 10.8. The second kappa shape index (κ2) is 7.81. The zero-order valence-corrected chi connectivity index (χ0v) is 14.1. The van der Waals surface area contributed by atoms with Crippen molar-refractivity contribution in [3.8, 4) is 11.5 Å². The number of nitrogens with zero attached hydrogens (tertiary/aromatic N) is 2. The summed E-state index contributed by atoms with van der Waals surface area (Å²) in [6.45, 7) is 2.68. The Hall–Kier alpha value is -2.86. The maximum Gasteiger partial charge on any atom is 0.270 e. The molecule has 0 amide bonds. The summed E-state index contributed by atoms with van der Waals surface area (Å²) in [6.07, 6.45) is 3.89. The van der Waals surface area contributed by atoms with Crippen LogP contribution >= 0.6 is 0 Å². The molecule has 0 saturated carbocycles. The summed E-state index contributed by atoms with van der Waals surface area (Å²) in [5, 5.41) is 10.8. The second-order valence-electron chi connectivity index (χ2n) is 5.93. The number of likely N-dealkylation sites (N-methyl/N-ethyl adjacent to an activating group) is 1. The van der Waals surface area contributed by atoms with Gasteiger partial charge in [0.05, 0.1) is 4.92 Å². The van der Waals surface area contributed by atoms with Crippen LogP contribution in [0.2, 0.25) is 0 Å². The molecule has 3 rings (SSSR count). The third-order valence-electron chi connectivity index (χ3n) is 3.87. The first-order valence-electron chi connectivity index (χ1n) is 8.10. The van der Waals surface area contributed by atoms with E-state index in [2.05, 4.69) is 4.90 Å². The fraction of sp³-hybridized carbons (Fsp3) is 0.263. The largest absolute Gasteiger partial charge is 0.486 e. The molecule has 130 valence electrons. The Bertz CT molecular complexity index is 789. The highest BCUT2D eigenvalue weighted by atomic mass is 16.6. The third-order valence-corrected chi connectivity index (χ3v) is 3.87. The van der Waals surface area contributed by atoms with Gasteiger partial charge in [-0.15, -0.1) is 0 Å². The van der Waals surface area contributed by atoms with Gasteiger partial charge in [0, 0.05) is 25.2 Å². The van der Waals surface area contributed by atoms with Gasteiger partial charge in [0.25, 0.3) is 5.69 Å². The molecule has 1 heterocycles. The number of benzene rings is 2. The van der Waals surface area contributed by atoms with E-state index in [0.29, 0.717) is 13.2 Å². The van der Waals surface area contributed by atoms with E-state index in [9.17, 15) is 10.1 Å². The Morgan fingerprint density at radius 1 is 1.16 bits per heavy atom. The summed E-state index contributed by atoms with van der Waals surface area (Å²) in [4.78, 5) is 12.6. The van der Waals surface area contributed by atoms with E-state index < -0.39 is 0 Å². The molecule has 25 heavy (non-hydrogen) atoms. The van der Waals surface area contributed by atoms with E-state index in [0.717, 1.165) is 35.7 Å². The van der Waals surface area contributed by atoms with Crippen molar-refractivity contribution in [3.05, 3.63) is 69.8 Å². The van der Waals surface area contributed by atoms with Crippen LogP contribution in [0, 0.1) is 10.1 Å². The van der Waals surface area contributed by atoms with Crippen molar-refractivity contribution in [1.29, 1.82) is 0 Å². The number of non-ortho nitro benzene ring substituents is 1. The van der Waals surface area contributed by atoms with E-state index in [1.165, 1.54) is 6.07 Å². The molecule has 1 aliphatic heterocycles. The Morgan fingerprint density at radius 3 is 2.76 bits per heavy atom. The minimum absolute atomic E-state index is 0.104. The molecule has 0 saturated heterocycles. The number of hydrogen-bond acceptors (Lipinski definition) is 5. The van der Waals surface area contributed by atoms with Gasteiger partial charge in [-0.3, -0.25) is 15.0 Å². The Labute approximate surface area is 146 Å². The van der Waals surface area contributed by atoms with Gasteiger partial charge in [-0.05, 0) is 30.3 Å². The maximum atomic E-state index is 10.8. The van der Waals surface area contributed by atoms with Gasteiger partial charge in [-0.1, -0.05) is 30.4 Å². The van der Waals surface area contributed by atoms with Crippen LogP contribution in [0.5, 0.6) is 11.5 Å². The third kappa shape index (κ3) is 4.58. The molecule has 2 aromatic rings. The van der Waals surface area contributed by atoms with Gasteiger partial charge in [-0.2, -0.15) is 0 Å². The smallest absolute Gasteiger partial charge is 0.270 e. The molecule has 0 N–H and O–H groups in total. The van der Waals surface area contributed by atoms with E-state index in [1.54, 1.807) is 12.1 Å². The lowest BCUT2D eigenvalue weighted by Gasteiger charge is -2.20. The van der Waals surface area contributed by atoms with Crippen molar-refractivity contribution < 1.29 is 14.4 Å². The number of nitro benzene ring substituents is 1. The Kier molecular flexibility index (Phi) is 5.30. The molecule has 1 aliphatic rings. The van der Waals surface area contributed by atoms with E-state index in [-0.39, 0.29) is 10.6 Å². The molecule has 0 aliphatic carbocycles. The minimum atomic E-state index is -0.384. The molecule has 0 aromatic heterocycles. The summed E-state index contributed by atoms with van der Waals surface area (Å²) in [5.74, 6) is 1.59. The van der Waals surface area contributed by atoms with Crippen molar-refractivity contribution in [2.24, 2.45) is 0 Å². The SMILES string of the molecule is CN(C/C=C/c1cccc([N+](=O)[O-])c1)Cc1ccc2c(c1)OCCO2. The number of rotatable bonds is 6. The number of nitro groups is 1. The van der Waals surface area contributed by atoms with E-state index in [1.807, 2.05) is 43.5 Å². The Balaban J connectivity index is 1.56. The van der Waals surface area contributed by atoms with Gasteiger partial charge in [-0.25, -0.2) is 0 Å². The molecular formula is C19H20N2O4. The standard InChI is InChI=1S/C19H20N2O4/c1-20(9-3-5-15-4-2-6-17(12-15)21(22)23)14-16-7-8-18-19(13-16)25-11-10-24-18/h2-8,12-13H,9-11,14H2,1H3/b5-3+. The lowest BCUT2D eigenvalue weighted by atomic mass is 10.1. The van der Waals surface area contributed by atoms with Crippen LogP contribution in [0.15, 0.2) is 48.5 Å². The number of hydrogen-bond donors (Lipinski definition) is 0. The molecule has 0 radical (unpaired) electrons. The average Bonchev–Trinajstić information content (AvgIpc) is 2.62. The highest BCUT2D eigenvalue weighted by molar-refractivity contribution is 5.53. The molecule has 6 nitrogen and oxygen atoms in total. The van der Waals surface area contributed by atoms with Crippen LogP contribution in [0.25, 0.3) is 6.08 Å². The first kappa shape index (κ1) is 17.0. The van der Waals surface area contributed by atoms with Crippen molar-refractivity contribution in [2.75, 3.05) is 26.8 Å². The summed E-state index contributed by atoms with van der Waals surface area (Å²) < 4.78 is 11.1. The van der Waals surface area contributed by atoms with Crippen LogP contribution in [0.1, 0.15) is 11.1 Å². The molecule has 6 heteroatoms. The molecule has 2 aromatic carbocycles. The molecule has 0 unspecified atom stereocenters. The highest BCUT2D eigenvalue weighted by Gasteiger charge is 2.12. The monoisotopic (exact) mass is 340 g/mol. The Morgan fingerprint density at radius 2 is 1.96 bits per heavy atom. The molecule has 0 spiro atoms. The topological polar surface area (TPSA) is 64.8 Å². The van der Waals surface area contributed by atoms with Gasteiger partial charge >= 0.3 is 0 Å². The quantitative estimate of drug-likeness (QED) is 0.595. The van der Waals surface area contributed by atoms with Crippen molar-refractivity contribution in [3.63, 3.8) is 0 Å².